The van der Waals surface area contributed by atoms with E-state index in [9.17, 15) is 4.79 Å². The number of hydrogen-bond acceptors (Lipinski definition) is 4. The molecular weight excluding hydrogens is 410 g/mol. The molecule has 1 N–H and O–H groups in total. The van der Waals surface area contributed by atoms with Gasteiger partial charge in [0, 0.05) is 44.3 Å². The lowest BCUT2D eigenvalue weighted by Crippen LogP contribution is -2.35. The van der Waals surface area contributed by atoms with Crippen LogP contribution in [-0.2, 0) is 13.0 Å². The molecular formula is C24H30ClN5O. The molecule has 7 heteroatoms. The second kappa shape index (κ2) is 10.2. The Hall–Kier alpha value is -2.44. The van der Waals surface area contributed by atoms with Gasteiger partial charge in [0.2, 0.25) is 0 Å². The van der Waals surface area contributed by atoms with Gasteiger partial charge in [-0.3, -0.25) is 9.78 Å². The maximum Gasteiger partial charge on any atom is 0.274 e. The molecule has 0 bridgehead atoms. The van der Waals surface area contributed by atoms with E-state index in [2.05, 4.69) is 23.3 Å². The standard InChI is InChI=1S/C24H30ClN5O/c1-18(14-19-8-7-11-26-15-19)27-16-21-23(28-22-10-9-20(25)17-30(21)22)24(31)29-12-5-3-2-4-6-13-29/h7-11,15,17-18,27H,2-6,12-14,16H2,1H3/t18-/m1/s1. The third kappa shape index (κ3) is 5.43. The van der Waals surface area contributed by atoms with Crippen LogP contribution in [0.3, 0.4) is 0 Å². The average molecular weight is 440 g/mol. The maximum absolute atomic E-state index is 13.5. The molecule has 1 aliphatic rings. The second-order valence-electron chi connectivity index (χ2n) is 8.39. The first kappa shape index (κ1) is 21.8. The van der Waals surface area contributed by atoms with Crippen molar-refractivity contribution in [3.8, 4) is 0 Å². The summed E-state index contributed by atoms with van der Waals surface area (Å²) < 4.78 is 1.95. The van der Waals surface area contributed by atoms with Crippen LogP contribution >= 0.6 is 11.6 Å². The van der Waals surface area contributed by atoms with Gasteiger partial charge in [0.05, 0.1) is 10.7 Å². The normalized spacial score (nSPS) is 16.1. The van der Waals surface area contributed by atoms with Gasteiger partial charge in [-0.2, -0.15) is 0 Å². The summed E-state index contributed by atoms with van der Waals surface area (Å²) in [5, 5.41) is 4.19. The van der Waals surface area contributed by atoms with Crippen molar-refractivity contribution in [2.75, 3.05) is 13.1 Å². The van der Waals surface area contributed by atoms with Gasteiger partial charge >= 0.3 is 0 Å². The number of carbonyl (C=O) groups excluding carboxylic acids is 1. The third-order valence-corrected chi connectivity index (χ3v) is 6.13. The molecule has 4 heterocycles. The second-order valence-corrected chi connectivity index (χ2v) is 8.83. The quantitative estimate of drug-likeness (QED) is 0.613. The Morgan fingerprint density at radius 1 is 1.16 bits per heavy atom. The van der Waals surface area contributed by atoms with E-state index in [4.69, 9.17) is 16.6 Å². The van der Waals surface area contributed by atoms with Gasteiger partial charge in [-0.05, 0) is 49.9 Å². The fraction of sp³-hybridized carbons (Fsp3) is 0.458. The van der Waals surface area contributed by atoms with Crippen LogP contribution in [0, 0.1) is 0 Å². The highest BCUT2D eigenvalue weighted by molar-refractivity contribution is 6.30. The summed E-state index contributed by atoms with van der Waals surface area (Å²) in [6.07, 6.45) is 12.1. The van der Waals surface area contributed by atoms with Crippen LogP contribution in [0.5, 0.6) is 0 Å². The van der Waals surface area contributed by atoms with Gasteiger partial charge in [0.15, 0.2) is 5.69 Å². The minimum atomic E-state index is 0.0263. The summed E-state index contributed by atoms with van der Waals surface area (Å²) >= 11 is 6.27. The minimum absolute atomic E-state index is 0.0263. The van der Waals surface area contributed by atoms with Crippen molar-refractivity contribution < 1.29 is 4.79 Å². The lowest BCUT2D eigenvalue weighted by atomic mass is 10.1. The van der Waals surface area contributed by atoms with Crippen LogP contribution in [-0.4, -0.2) is 44.3 Å². The zero-order valence-corrected chi connectivity index (χ0v) is 18.8. The molecule has 1 atom stereocenters. The van der Waals surface area contributed by atoms with Crippen molar-refractivity contribution in [1.82, 2.24) is 24.6 Å². The maximum atomic E-state index is 13.5. The van der Waals surface area contributed by atoms with E-state index in [1.165, 1.54) is 24.8 Å². The Kier molecular flexibility index (Phi) is 7.20. The van der Waals surface area contributed by atoms with Gasteiger partial charge in [0.25, 0.3) is 5.91 Å². The number of nitrogens with zero attached hydrogens (tertiary/aromatic N) is 4. The Labute approximate surface area is 188 Å². The third-order valence-electron chi connectivity index (χ3n) is 5.91. The van der Waals surface area contributed by atoms with Crippen LogP contribution in [0.4, 0.5) is 0 Å². The number of amides is 1. The predicted octanol–water partition coefficient (Wildman–Crippen LogP) is 4.51. The van der Waals surface area contributed by atoms with Crippen LogP contribution in [0.25, 0.3) is 5.65 Å². The van der Waals surface area contributed by atoms with Crippen LogP contribution < -0.4 is 5.32 Å². The zero-order valence-electron chi connectivity index (χ0n) is 18.1. The SMILES string of the molecule is C[C@H](Cc1cccnc1)NCc1c(C(=O)N2CCCCCCC2)nc2ccc(Cl)cn12. The van der Waals surface area contributed by atoms with E-state index in [1.54, 1.807) is 6.20 Å². The summed E-state index contributed by atoms with van der Waals surface area (Å²) in [5.41, 5.74) is 3.32. The predicted molar refractivity (Wildman–Crippen MR) is 123 cm³/mol. The number of hydrogen-bond donors (Lipinski definition) is 1. The van der Waals surface area contributed by atoms with E-state index in [-0.39, 0.29) is 11.9 Å². The molecule has 0 spiro atoms. The molecule has 1 amide bonds. The summed E-state index contributed by atoms with van der Waals surface area (Å²) in [4.78, 5) is 24.3. The average Bonchev–Trinajstić information content (AvgIpc) is 3.10. The number of nitrogens with one attached hydrogen (secondary N) is 1. The van der Waals surface area contributed by atoms with Gasteiger partial charge in [-0.25, -0.2) is 4.98 Å². The van der Waals surface area contributed by atoms with E-state index < -0.39 is 0 Å². The molecule has 164 valence electrons. The summed E-state index contributed by atoms with van der Waals surface area (Å²) in [7, 11) is 0. The summed E-state index contributed by atoms with van der Waals surface area (Å²) in [5.74, 6) is 0.0263. The highest BCUT2D eigenvalue weighted by Crippen LogP contribution is 2.20. The molecule has 0 aliphatic carbocycles. The Balaban J connectivity index is 1.56. The van der Waals surface area contributed by atoms with Crippen molar-refractivity contribution in [3.05, 3.63) is 64.8 Å². The summed E-state index contributed by atoms with van der Waals surface area (Å²) in [6.45, 7) is 4.29. The highest BCUT2D eigenvalue weighted by atomic mass is 35.5. The molecule has 4 rings (SSSR count). The number of fused-ring (bicyclic) bond motifs is 1. The van der Waals surface area contributed by atoms with Gasteiger partial charge < -0.3 is 14.6 Å². The van der Waals surface area contributed by atoms with Crippen LogP contribution in [0.15, 0.2) is 42.9 Å². The molecule has 0 radical (unpaired) electrons. The number of imidazole rings is 1. The number of carbonyl (C=O) groups is 1. The van der Waals surface area contributed by atoms with E-state index in [1.807, 2.05) is 39.9 Å². The highest BCUT2D eigenvalue weighted by Gasteiger charge is 2.24. The van der Waals surface area contributed by atoms with Crippen molar-refractivity contribution in [1.29, 1.82) is 0 Å². The van der Waals surface area contributed by atoms with Crippen molar-refractivity contribution in [2.45, 2.75) is 58.0 Å². The fourth-order valence-electron chi connectivity index (χ4n) is 4.22. The van der Waals surface area contributed by atoms with Crippen molar-refractivity contribution in [2.24, 2.45) is 0 Å². The lowest BCUT2D eigenvalue weighted by molar-refractivity contribution is 0.0735. The van der Waals surface area contributed by atoms with Gasteiger partial charge in [-0.1, -0.05) is 36.9 Å². The number of halogens is 1. The molecule has 3 aromatic heterocycles. The topological polar surface area (TPSA) is 62.5 Å². The van der Waals surface area contributed by atoms with Crippen LogP contribution in [0.1, 0.15) is 60.8 Å². The van der Waals surface area contributed by atoms with Crippen molar-refractivity contribution in [3.63, 3.8) is 0 Å². The minimum Gasteiger partial charge on any atom is -0.337 e. The first-order valence-electron chi connectivity index (χ1n) is 11.2. The molecule has 1 aliphatic heterocycles. The first-order valence-corrected chi connectivity index (χ1v) is 11.6. The molecule has 1 saturated heterocycles. The van der Waals surface area contributed by atoms with Crippen molar-refractivity contribution >= 4 is 23.2 Å². The molecule has 0 unspecified atom stereocenters. The molecule has 3 aromatic rings. The molecule has 1 fully saturated rings. The molecule has 31 heavy (non-hydrogen) atoms. The van der Waals surface area contributed by atoms with E-state index in [0.717, 1.165) is 43.7 Å². The number of likely N-dealkylation sites (tertiary alicyclic amines) is 1. The Bertz CT molecular complexity index is 1010. The first-order chi connectivity index (χ1) is 15.1. The number of aromatic nitrogens is 3. The lowest BCUT2D eigenvalue weighted by Gasteiger charge is -2.24. The number of pyridine rings is 2. The number of rotatable bonds is 6. The fourth-order valence-corrected chi connectivity index (χ4v) is 4.38. The zero-order chi connectivity index (χ0) is 21.6. The summed E-state index contributed by atoms with van der Waals surface area (Å²) in [6, 6.07) is 7.94. The Morgan fingerprint density at radius 3 is 2.68 bits per heavy atom. The Morgan fingerprint density at radius 2 is 1.94 bits per heavy atom. The van der Waals surface area contributed by atoms with Gasteiger partial charge in [0.1, 0.15) is 5.65 Å². The monoisotopic (exact) mass is 439 g/mol. The van der Waals surface area contributed by atoms with Gasteiger partial charge in [-0.15, -0.1) is 0 Å². The molecule has 0 saturated carbocycles. The van der Waals surface area contributed by atoms with E-state index >= 15 is 0 Å². The largest absolute Gasteiger partial charge is 0.337 e. The molecule has 0 aromatic carbocycles. The molecule has 6 nitrogen and oxygen atoms in total. The smallest absolute Gasteiger partial charge is 0.274 e. The van der Waals surface area contributed by atoms with Crippen LogP contribution in [0.2, 0.25) is 5.02 Å². The van der Waals surface area contributed by atoms with E-state index in [0.29, 0.717) is 17.3 Å².